The highest BCUT2D eigenvalue weighted by Gasteiger charge is 2.29. The van der Waals surface area contributed by atoms with E-state index in [0.717, 1.165) is 25.8 Å². The molecule has 1 fully saturated rings. The van der Waals surface area contributed by atoms with E-state index in [1.807, 2.05) is 0 Å². The molecule has 0 aromatic heterocycles. The Labute approximate surface area is 173 Å². The lowest BCUT2D eigenvalue weighted by molar-refractivity contribution is -0.153. The van der Waals surface area contributed by atoms with Crippen molar-refractivity contribution in [2.45, 2.75) is 50.7 Å². The number of hydrogen-bond acceptors (Lipinski definition) is 5. The Bertz CT molecular complexity index is 707. The molecule has 168 valence electrons. The van der Waals surface area contributed by atoms with Crippen LogP contribution in [-0.4, -0.2) is 50.3 Å². The largest absolute Gasteiger partial charge is 0.494 e. The summed E-state index contributed by atoms with van der Waals surface area (Å²) in [5.41, 5.74) is 5.05. The third-order valence-corrected chi connectivity index (χ3v) is 4.59. The van der Waals surface area contributed by atoms with Crippen molar-refractivity contribution in [2.24, 2.45) is 5.73 Å². The number of ether oxygens (including phenoxy) is 2. The lowest BCUT2D eigenvalue weighted by Crippen LogP contribution is -2.43. The van der Waals surface area contributed by atoms with Gasteiger partial charge in [0, 0.05) is 19.0 Å². The number of unbranched alkanes of at least 4 members (excludes halogenated alkanes) is 1. The monoisotopic (exact) mass is 431 g/mol. The number of nitrogens with two attached hydrogens (primary N) is 1. The summed E-state index contributed by atoms with van der Waals surface area (Å²) >= 11 is 0. The van der Waals surface area contributed by atoms with Gasteiger partial charge in [-0.25, -0.2) is 0 Å². The Morgan fingerprint density at radius 1 is 1.20 bits per heavy atom. The number of amides is 2. The molecule has 7 nitrogen and oxygen atoms in total. The molecule has 4 N–H and O–H groups in total. The number of primary amides is 1. The van der Waals surface area contributed by atoms with Gasteiger partial charge >= 0.3 is 6.18 Å². The zero-order valence-corrected chi connectivity index (χ0v) is 16.7. The van der Waals surface area contributed by atoms with Crippen LogP contribution in [0, 0.1) is 0 Å². The van der Waals surface area contributed by atoms with E-state index in [4.69, 9.17) is 15.2 Å². The van der Waals surface area contributed by atoms with Crippen molar-refractivity contribution in [3.05, 3.63) is 23.8 Å². The van der Waals surface area contributed by atoms with E-state index in [1.54, 1.807) is 0 Å². The first-order chi connectivity index (χ1) is 14.2. The van der Waals surface area contributed by atoms with Crippen LogP contribution in [0.4, 0.5) is 13.2 Å². The second kappa shape index (κ2) is 11.6. The third-order valence-electron chi connectivity index (χ3n) is 4.59. The van der Waals surface area contributed by atoms with Crippen LogP contribution >= 0.6 is 0 Å². The summed E-state index contributed by atoms with van der Waals surface area (Å²) in [6.45, 7) is 0.0309. The molecule has 1 unspecified atom stereocenters. The summed E-state index contributed by atoms with van der Waals surface area (Å²) in [6, 6.07) is 4.23. The minimum Gasteiger partial charge on any atom is -0.494 e. The van der Waals surface area contributed by atoms with E-state index < -0.39 is 24.6 Å². The standard InChI is InChI=1S/C20H28F3N3O4/c21-20(22,23)13-30-17-8-7-15(29-10-4-2-6-18(24)27)11-16(17)19(28)26-12-14-5-1-3-9-25-14/h7-8,11,14,25H,1-6,9-10,12-13H2,(H2,24,27)(H,26,28). The van der Waals surface area contributed by atoms with Crippen molar-refractivity contribution in [1.82, 2.24) is 10.6 Å². The quantitative estimate of drug-likeness (QED) is 0.468. The summed E-state index contributed by atoms with van der Waals surface area (Å²) in [5, 5.41) is 6.05. The molecule has 10 heteroatoms. The minimum atomic E-state index is -4.52. The first kappa shape index (κ1) is 23.8. The molecule has 1 aliphatic rings. The summed E-state index contributed by atoms with van der Waals surface area (Å²) < 4.78 is 48.0. The topological polar surface area (TPSA) is 103 Å². The Balaban J connectivity index is 2.00. The van der Waals surface area contributed by atoms with E-state index in [-0.39, 0.29) is 30.4 Å². The van der Waals surface area contributed by atoms with E-state index in [0.29, 0.717) is 25.1 Å². The Morgan fingerprint density at radius 3 is 2.67 bits per heavy atom. The first-order valence-electron chi connectivity index (χ1n) is 10.0. The van der Waals surface area contributed by atoms with E-state index in [2.05, 4.69) is 10.6 Å². The van der Waals surface area contributed by atoms with Crippen molar-refractivity contribution < 1.29 is 32.2 Å². The zero-order valence-electron chi connectivity index (χ0n) is 16.7. The number of nitrogens with one attached hydrogen (secondary N) is 2. The maximum atomic E-state index is 12.6. The van der Waals surface area contributed by atoms with Gasteiger partial charge in [-0.2, -0.15) is 13.2 Å². The molecule has 30 heavy (non-hydrogen) atoms. The van der Waals surface area contributed by atoms with Gasteiger partial charge in [-0.15, -0.1) is 0 Å². The molecule has 0 aliphatic carbocycles. The molecule has 2 amide bonds. The molecule has 1 heterocycles. The van der Waals surface area contributed by atoms with Gasteiger partial charge in [-0.05, 0) is 50.4 Å². The molecule has 1 atom stereocenters. The average molecular weight is 431 g/mol. The van der Waals surface area contributed by atoms with E-state index >= 15 is 0 Å². The molecule has 0 spiro atoms. The van der Waals surface area contributed by atoms with Crippen LogP contribution in [0.1, 0.15) is 48.9 Å². The van der Waals surface area contributed by atoms with Crippen LogP contribution in [0.5, 0.6) is 11.5 Å². The Kier molecular flexibility index (Phi) is 9.22. The predicted molar refractivity (Wildman–Crippen MR) is 105 cm³/mol. The smallest absolute Gasteiger partial charge is 0.422 e. The number of halogens is 3. The number of hydrogen-bond donors (Lipinski definition) is 3. The fraction of sp³-hybridized carbons (Fsp3) is 0.600. The number of rotatable bonds is 11. The van der Waals surface area contributed by atoms with Crippen molar-refractivity contribution in [1.29, 1.82) is 0 Å². The van der Waals surface area contributed by atoms with Crippen molar-refractivity contribution >= 4 is 11.8 Å². The molecule has 2 rings (SSSR count). The van der Waals surface area contributed by atoms with Crippen molar-refractivity contribution in [3.63, 3.8) is 0 Å². The molecular weight excluding hydrogens is 403 g/mol. The summed E-state index contributed by atoms with van der Waals surface area (Å²) in [5.74, 6) is -0.761. The van der Waals surface area contributed by atoms with E-state index in [9.17, 15) is 22.8 Å². The highest BCUT2D eigenvalue weighted by Crippen LogP contribution is 2.27. The maximum Gasteiger partial charge on any atom is 0.422 e. The highest BCUT2D eigenvalue weighted by atomic mass is 19.4. The van der Waals surface area contributed by atoms with Gasteiger partial charge < -0.3 is 25.8 Å². The number of alkyl halides is 3. The summed E-state index contributed by atoms with van der Waals surface area (Å²) in [4.78, 5) is 23.4. The highest BCUT2D eigenvalue weighted by molar-refractivity contribution is 5.97. The SMILES string of the molecule is NC(=O)CCCCOc1ccc(OCC(F)(F)F)c(C(=O)NCC2CCCCN2)c1. The van der Waals surface area contributed by atoms with Gasteiger partial charge in [0.1, 0.15) is 11.5 Å². The molecule has 0 bridgehead atoms. The zero-order chi connectivity index (χ0) is 22.0. The van der Waals surface area contributed by atoms with Gasteiger partial charge in [0.15, 0.2) is 6.61 Å². The maximum absolute atomic E-state index is 12.6. The second-order valence-electron chi connectivity index (χ2n) is 7.19. The molecule has 1 aromatic carbocycles. The summed E-state index contributed by atoms with van der Waals surface area (Å²) in [6.07, 6.45) is -0.0722. The first-order valence-corrected chi connectivity index (χ1v) is 10.0. The molecule has 1 aliphatic heterocycles. The van der Waals surface area contributed by atoms with Crippen LogP contribution in [0.15, 0.2) is 18.2 Å². The lowest BCUT2D eigenvalue weighted by atomic mass is 10.0. The number of piperidine rings is 1. The molecule has 1 aromatic rings. The minimum absolute atomic E-state index is 0.0234. The third kappa shape index (κ3) is 8.89. The summed E-state index contributed by atoms with van der Waals surface area (Å²) in [7, 11) is 0. The molecule has 1 saturated heterocycles. The number of benzene rings is 1. The van der Waals surface area contributed by atoms with Crippen LogP contribution in [0.2, 0.25) is 0 Å². The molecular formula is C20H28F3N3O4. The average Bonchev–Trinajstić information content (AvgIpc) is 2.70. The van der Waals surface area contributed by atoms with Crippen molar-refractivity contribution in [2.75, 3.05) is 26.3 Å². The van der Waals surface area contributed by atoms with Crippen LogP contribution in [0.3, 0.4) is 0 Å². The van der Waals surface area contributed by atoms with Gasteiger partial charge in [0.05, 0.1) is 12.2 Å². The number of carbonyl (C=O) groups excluding carboxylic acids is 2. The number of carbonyl (C=O) groups is 2. The van der Waals surface area contributed by atoms with Crippen LogP contribution in [-0.2, 0) is 4.79 Å². The molecule has 0 radical (unpaired) electrons. The van der Waals surface area contributed by atoms with E-state index in [1.165, 1.54) is 18.2 Å². The fourth-order valence-corrected chi connectivity index (χ4v) is 3.06. The van der Waals surface area contributed by atoms with Crippen LogP contribution in [0.25, 0.3) is 0 Å². The fourth-order valence-electron chi connectivity index (χ4n) is 3.06. The molecule has 0 saturated carbocycles. The normalized spacial score (nSPS) is 16.7. The predicted octanol–water partition coefficient (Wildman–Crippen LogP) is 2.53. The van der Waals surface area contributed by atoms with Gasteiger partial charge in [0.25, 0.3) is 5.91 Å². The Hall–Kier alpha value is -2.49. The van der Waals surface area contributed by atoms with Gasteiger partial charge in [0.2, 0.25) is 5.91 Å². The second-order valence-corrected chi connectivity index (χ2v) is 7.19. The lowest BCUT2D eigenvalue weighted by Gasteiger charge is -2.24. The Morgan fingerprint density at radius 2 is 2.00 bits per heavy atom. The van der Waals surface area contributed by atoms with Crippen molar-refractivity contribution in [3.8, 4) is 11.5 Å². The van der Waals surface area contributed by atoms with Gasteiger partial charge in [-0.3, -0.25) is 9.59 Å². The van der Waals surface area contributed by atoms with Crippen LogP contribution < -0.4 is 25.8 Å². The van der Waals surface area contributed by atoms with Gasteiger partial charge in [-0.1, -0.05) is 6.42 Å².